The molecule has 2 aromatic carbocycles. The van der Waals surface area contributed by atoms with Gasteiger partial charge in [-0.15, -0.1) is 0 Å². The molecule has 0 spiro atoms. The summed E-state index contributed by atoms with van der Waals surface area (Å²) in [7, 11) is 1.63. The van der Waals surface area contributed by atoms with Gasteiger partial charge in [0.25, 0.3) is 12.3 Å². The molecule has 0 aliphatic heterocycles. The maximum absolute atomic E-state index is 13.8. The molecule has 3 aromatic rings. The molecule has 152 valence electrons. The summed E-state index contributed by atoms with van der Waals surface area (Å²) in [5.41, 5.74) is 2.03. The molecule has 1 heterocycles. The smallest absolute Gasteiger partial charge is 0.272 e. The second-order valence-corrected chi connectivity index (χ2v) is 7.27. The Morgan fingerprint density at radius 3 is 2.10 bits per heavy atom. The van der Waals surface area contributed by atoms with Crippen LogP contribution in [0.1, 0.15) is 46.4 Å². The molecule has 1 saturated carbocycles. The second kappa shape index (κ2) is 8.53. The number of aliphatic imine (C=N–C) groups is 1. The van der Waals surface area contributed by atoms with Crippen molar-refractivity contribution >= 4 is 17.3 Å². The number of halogens is 2. The first kappa shape index (κ1) is 19.9. The van der Waals surface area contributed by atoms with Gasteiger partial charge in [-0.05, 0) is 18.9 Å². The van der Waals surface area contributed by atoms with Gasteiger partial charge in [-0.25, -0.2) is 18.8 Å². The number of nitrogens with zero attached hydrogens (tertiary/aromatic N) is 3. The number of carbonyl (C=O) groups is 1. The van der Waals surface area contributed by atoms with E-state index in [1.54, 1.807) is 7.05 Å². The van der Waals surface area contributed by atoms with Crippen molar-refractivity contribution in [3.63, 3.8) is 0 Å². The molecule has 0 atom stereocenters. The van der Waals surface area contributed by atoms with Crippen molar-refractivity contribution < 1.29 is 13.6 Å². The van der Waals surface area contributed by atoms with E-state index in [0.717, 1.165) is 24.0 Å². The minimum absolute atomic E-state index is 0.116. The topological polar surface area (TPSA) is 45.6 Å². The molecule has 1 aliphatic carbocycles. The number of hydrogen-bond donors (Lipinski definition) is 0. The highest BCUT2D eigenvalue weighted by molar-refractivity contribution is 6.14. The van der Waals surface area contributed by atoms with Crippen LogP contribution < -0.4 is 0 Å². The second-order valence-electron chi connectivity index (χ2n) is 7.27. The van der Waals surface area contributed by atoms with E-state index in [1.807, 2.05) is 60.7 Å². The molecule has 30 heavy (non-hydrogen) atoms. The summed E-state index contributed by atoms with van der Waals surface area (Å²) >= 11 is 0. The number of aromatic nitrogens is 1. The first-order chi connectivity index (χ1) is 14.5. The molecule has 6 heteroatoms. The van der Waals surface area contributed by atoms with E-state index in [4.69, 9.17) is 0 Å². The Hall–Kier alpha value is -3.41. The van der Waals surface area contributed by atoms with Gasteiger partial charge in [0.05, 0.1) is 23.2 Å². The van der Waals surface area contributed by atoms with Crippen LogP contribution in [0.4, 0.5) is 14.5 Å². The summed E-state index contributed by atoms with van der Waals surface area (Å²) < 4.78 is 27.5. The Labute approximate surface area is 173 Å². The molecular formula is C24H21F2N3O. The number of benzene rings is 2. The number of pyridine rings is 1. The van der Waals surface area contributed by atoms with Crippen LogP contribution in [-0.2, 0) is 0 Å². The lowest BCUT2D eigenvalue weighted by Gasteiger charge is -2.17. The van der Waals surface area contributed by atoms with E-state index in [1.165, 1.54) is 17.2 Å². The number of hydrogen-bond acceptors (Lipinski definition) is 3. The highest BCUT2D eigenvalue weighted by Gasteiger charge is 2.32. The standard InChI is InChI=1S/C24H21F2N3O/c1-29(19-12-13-19)24(30)22-20(23(25)26)14-18(15-27-22)28-21(16-8-4-2-5-9-16)17-10-6-3-7-11-17/h2-11,14-15,19,23H,12-13H2,1H3. The van der Waals surface area contributed by atoms with Gasteiger partial charge >= 0.3 is 0 Å². The molecule has 0 N–H and O–H groups in total. The fourth-order valence-corrected chi connectivity index (χ4v) is 3.29. The van der Waals surface area contributed by atoms with Crippen LogP contribution in [-0.4, -0.2) is 34.6 Å². The minimum Gasteiger partial charge on any atom is -0.337 e. The zero-order valence-electron chi connectivity index (χ0n) is 16.5. The Balaban J connectivity index is 1.77. The lowest BCUT2D eigenvalue weighted by molar-refractivity contribution is 0.0766. The van der Waals surface area contributed by atoms with E-state index < -0.39 is 17.9 Å². The van der Waals surface area contributed by atoms with E-state index in [-0.39, 0.29) is 17.4 Å². The van der Waals surface area contributed by atoms with Crippen LogP contribution in [0, 0.1) is 0 Å². The van der Waals surface area contributed by atoms with Gasteiger partial charge in [-0.2, -0.15) is 0 Å². The Morgan fingerprint density at radius 1 is 1.03 bits per heavy atom. The van der Waals surface area contributed by atoms with Crippen LogP contribution in [0.25, 0.3) is 0 Å². The van der Waals surface area contributed by atoms with E-state index in [2.05, 4.69) is 9.98 Å². The summed E-state index contributed by atoms with van der Waals surface area (Å²) in [4.78, 5) is 22.8. The number of amides is 1. The monoisotopic (exact) mass is 405 g/mol. The lowest BCUT2D eigenvalue weighted by Crippen LogP contribution is -2.30. The predicted octanol–water partition coefficient (Wildman–Crippen LogP) is 5.42. The lowest BCUT2D eigenvalue weighted by atomic mass is 10.0. The summed E-state index contributed by atoms with van der Waals surface area (Å²) in [6.45, 7) is 0. The predicted molar refractivity (Wildman–Crippen MR) is 112 cm³/mol. The van der Waals surface area contributed by atoms with Gasteiger partial charge in [0, 0.05) is 24.2 Å². The summed E-state index contributed by atoms with van der Waals surface area (Å²) in [6, 6.07) is 20.4. The van der Waals surface area contributed by atoms with Crippen molar-refractivity contribution in [1.29, 1.82) is 0 Å². The van der Waals surface area contributed by atoms with Gasteiger partial charge in [-0.3, -0.25) is 4.79 Å². The third-order valence-electron chi connectivity index (χ3n) is 5.09. The van der Waals surface area contributed by atoms with Gasteiger partial charge in [0.2, 0.25) is 0 Å². The van der Waals surface area contributed by atoms with Gasteiger partial charge < -0.3 is 4.90 Å². The number of alkyl halides is 2. The highest BCUT2D eigenvalue weighted by atomic mass is 19.3. The van der Waals surface area contributed by atoms with Crippen molar-refractivity contribution in [3.05, 3.63) is 95.3 Å². The fourth-order valence-electron chi connectivity index (χ4n) is 3.29. The van der Waals surface area contributed by atoms with Gasteiger partial charge in [0.1, 0.15) is 5.69 Å². The molecule has 1 aromatic heterocycles. The molecule has 0 bridgehead atoms. The molecule has 4 rings (SSSR count). The quantitative estimate of drug-likeness (QED) is 0.514. The minimum atomic E-state index is -2.82. The molecule has 0 saturated heterocycles. The average molecular weight is 405 g/mol. The summed E-state index contributed by atoms with van der Waals surface area (Å²) in [5.74, 6) is -0.477. The van der Waals surface area contributed by atoms with Crippen LogP contribution in [0.3, 0.4) is 0 Å². The zero-order chi connectivity index (χ0) is 21.1. The average Bonchev–Trinajstić information content (AvgIpc) is 3.63. The third-order valence-corrected chi connectivity index (χ3v) is 5.09. The maximum Gasteiger partial charge on any atom is 0.272 e. The van der Waals surface area contributed by atoms with Crippen LogP contribution in [0.15, 0.2) is 77.9 Å². The molecule has 1 amide bonds. The summed E-state index contributed by atoms with van der Waals surface area (Å²) in [5, 5.41) is 0. The summed E-state index contributed by atoms with van der Waals surface area (Å²) in [6.07, 6.45) is 0.348. The Morgan fingerprint density at radius 2 is 1.60 bits per heavy atom. The number of rotatable bonds is 6. The Kier molecular flexibility index (Phi) is 5.65. The van der Waals surface area contributed by atoms with Gasteiger partial charge in [0.15, 0.2) is 0 Å². The van der Waals surface area contributed by atoms with E-state index >= 15 is 0 Å². The molecule has 0 radical (unpaired) electrons. The van der Waals surface area contributed by atoms with Crippen LogP contribution in [0.5, 0.6) is 0 Å². The number of carbonyl (C=O) groups excluding carboxylic acids is 1. The first-order valence-electron chi connectivity index (χ1n) is 9.79. The molecule has 4 nitrogen and oxygen atoms in total. The van der Waals surface area contributed by atoms with E-state index in [0.29, 0.717) is 5.71 Å². The Bertz CT molecular complexity index is 1020. The van der Waals surface area contributed by atoms with Crippen molar-refractivity contribution in [2.24, 2.45) is 4.99 Å². The SMILES string of the molecule is CN(C(=O)c1ncc(N=C(c2ccccc2)c2ccccc2)cc1C(F)F)C1CC1. The van der Waals surface area contributed by atoms with Crippen LogP contribution in [0.2, 0.25) is 0 Å². The first-order valence-corrected chi connectivity index (χ1v) is 9.79. The van der Waals surface area contributed by atoms with Crippen molar-refractivity contribution in [2.75, 3.05) is 7.05 Å². The molecule has 1 fully saturated rings. The normalized spacial score (nSPS) is 13.2. The van der Waals surface area contributed by atoms with Gasteiger partial charge in [-0.1, -0.05) is 60.7 Å². The fraction of sp³-hybridized carbons (Fsp3) is 0.208. The van der Waals surface area contributed by atoms with Crippen molar-refractivity contribution in [2.45, 2.75) is 25.3 Å². The zero-order valence-corrected chi connectivity index (χ0v) is 16.5. The molecule has 1 aliphatic rings. The van der Waals surface area contributed by atoms with E-state index in [9.17, 15) is 13.6 Å². The maximum atomic E-state index is 13.8. The molecule has 0 unspecified atom stereocenters. The van der Waals surface area contributed by atoms with Crippen molar-refractivity contribution in [3.8, 4) is 0 Å². The van der Waals surface area contributed by atoms with Crippen LogP contribution >= 0.6 is 0 Å². The third kappa shape index (κ3) is 4.27. The molecular weight excluding hydrogens is 384 g/mol. The highest BCUT2D eigenvalue weighted by Crippen LogP contribution is 2.31. The van der Waals surface area contributed by atoms with Crippen molar-refractivity contribution in [1.82, 2.24) is 9.88 Å². The largest absolute Gasteiger partial charge is 0.337 e.